The highest BCUT2D eigenvalue weighted by Crippen LogP contribution is 2.61. The maximum absolute atomic E-state index is 2.42. The zero-order valence-corrected chi connectivity index (χ0v) is 11.3. The molecule has 0 saturated heterocycles. The van der Waals surface area contributed by atoms with E-state index in [1.54, 1.807) is 10.5 Å². The van der Waals surface area contributed by atoms with Crippen LogP contribution in [0.3, 0.4) is 0 Å². The van der Waals surface area contributed by atoms with Crippen molar-refractivity contribution >= 4 is 16.1 Å². The SMILES string of the molecule is CS1(C)C2=C(C=Cc3ccccc31)CCC=C2. The first-order valence-corrected chi connectivity index (χ1v) is 8.55. The number of fused-ring (bicyclic) bond motifs is 1. The van der Waals surface area contributed by atoms with Crippen molar-refractivity contribution in [2.75, 3.05) is 12.5 Å². The summed E-state index contributed by atoms with van der Waals surface area (Å²) in [6.45, 7) is 0. The second-order valence-electron chi connectivity index (χ2n) is 5.03. The second-order valence-corrected chi connectivity index (χ2v) is 8.56. The highest BCUT2D eigenvalue weighted by molar-refractivity contribution is 8.36. The first-order chi connectivity index (χ1) is 8.19. The molecule has 88 valence electrons. The average Bonchev–Trinajstić information content (AvgIpc) is 2.47. The van der Waals surface area contributed by atoms with Crippen LogP contribution in [0.4, 0.5) is 0 Å². The minimum Gasteiger partial charge on any atom is -0.193 e. The second kappa shape index (κ2) is 3.92. The van der Waals surface area contributed by atoms with E-state index in [0.29, 0.717) is 0 Å². The molecule has 0 saturated carbocycles. The predicted molar refractivity (Wildman–Crippen MR) is 78.6 cm³/mol. The molecule has 0 amide bonds. The van der Waals surface area contributed by atoms with E-state index >= 15 is 0 Å². The highest BCUT2D eigenvalue weighted by atomic mass is 32.3. The average molecular weight is 242 g/mol. The Hall–Kier alpha value is -1.21. The topological polar surface area (TPSA) is 0 Å². The van der Waals surface area contributed by atoms with Crippen molar-refractivity contribution in [3.05, 3.63) is 58.5 Å². The van der Waals surface area contributed by atoms with E-state index < -0.39 is 10.0 Å². The van der Waals surface area contributed by atoms with Gasteiger partial charge in [0, 0.05) is 4.90 Å². The van der Waals surface area contributed by atoms with Crippen molar-refractivity contribution in [2.24, 2.45) is 0 Å². The fourth-order valence-electron chi connectivity index (χ4n) is 2.71. The predicted octanol–water partition coefficient (Wildman–Crippen LogP) is 4.74. The molecule has 0 atom stereocenters. The fourth-order valence-corrected chi connectivity index (χ4v) is 5.36. The molecule has 1 aliphatic carbocycles. The Morgan fingerprint density at radius 3 is 2.71 bits per heavy atom. The summed E-state index contributed by atoms with van der Waals surface area (Å²) in [6.07, 6.45) is 16.6. The van der Waals surface area contributed by atoms with Crippen molar-refractivity contribution in [3.8, 4) is 0 Å². The van der Waals surface area contributed by atoms with Crippen LogP contribution in [0.15, 0.2) is 57.9 Å². The molecule has 0 aromatic heterocycles. The molecule has 1 aromatic carbocycles. The van der Waals surface area contributed by atoms with E-state index in [4.69, 9.17) is 0 Å². The van der Waals surface area contributed by atoms with Crippen LogP contribution in [0.5, 0.6) is 0 Å². The van der Waals surface area contributed by atoms with Crippen molar-refractivity contribution < 1.29 is 0 Å². The van der Waals surface area contributed by atoms with Gasteiger partial charge in [-0.2, -0.15) is 10.0 Å². The van der Waals surface area contributed by atoms with Crippen LogP contribution in [0, 0.1) is 0 Å². The van der Waals surface area contributed by atoms with E-state index in [1.807, 2.05) is 0 Å². The Balaban J connectivity index is 2.26. The van der Waals surface area contributed by atoms with Gasteiger partial charge in [-0.15, -0.1) is 0 Å². The Labute approximate surface area is 105 Å². The van der Waals surface area contributed by atoms with Gasteiger partial charge >= 0.3 is 0 Å². The number of hydrogen-bond acceptors (Lipinski definition) is 0. The van der Waals surface area contributed by atoms with Crippen molar-refractivity contribution in [2.45, 2.75) is 17.7 Å². The summed E-state index contributed by atoms with van der Waals surface area (Å²) in [6, 6.07) is 8.84. The monoisotopic (exact) mass is 242 g/mol. The molecule has 0 nitrogen and oxygen atoms in total. The molecule has 0 bridgehead atoms. The Morgan fingerprint density at radius 1 is 1.00 bits per heavy atom. The maximum atomic E-state index is 2.42. The van der Waals surface area contributed by atoms with Gasteiger partial charge in [-0.05, 0) is 47.5 Å². The lowest BCUT2D eigenvalue weighted by molar-refractivity contribution is 0.987. The van der Waals surface area contributed by atoms with Crippen LogP contribution in [0.1, 0.15) is 18.4 Å². The van der Waals surface area contributed by atoms with Gasteiger partial charge < -0.3 is 0 Å². The number of benzene rings is 1. The van der Waals surface area contributed by atoms with Gasteiger partial charge in [-0.25, -0.2) is 0 Å². The highest BCUT2D eigenvalue weighted by Gasteiger charge is 2.25. The molecule has 1 aliphatic heterocycles. The summed E-state index contributed by atoms with van der Waals surface area (Å²) >= 11 is 0. The van der Waals surface area contributed by atoms with Crippen LogP contribution < -0.4 is 0 Å². The summed E-state index contributed by atoms with van der Waals surface area (Å²) < 4.78 is 0. The van der Waals surface area contributed by atoms with Gasteiger partial charge in [0.15, 0.2) is 0 Å². The van der Waals surface area contributed by atoms with Gasteiger partial charge in [0.2, 0.25) is 0 Å². The molecular formula is C16H18S. The molecule has 1 heterocycles. The van der Waals surface area contributed by atoms with Crippen LogP contribution in [0.25, 0.3) is 6.08 Å². The van der Waals surface area contributed by atoms with Gasteiger partial charge in [0.1, 0.15) is 0 Å². The molecule has 0 fully saturated rings. The minimum absolute atomic E-state index is 0.849. The lowest BCUT2D eigenvalue weighted by Gasteiger charge is -2.36. The zero-order valence-electron chi connectivity index (χ0n) is 10.4. The smallest absolute Gasteiger partial charge is 0.000878 e. The number of allylic oxidation sites excluding steroid dienone is 4. The third-order valence-corrected chi connectivity index (χ3v) is 6.62. The van der Waals surface area contributed by atoms with Crippen LogP contribution in [-0.2, 0) is 0 Å². The molecule has 2 aliphatic rings. The summed E-state index contributed by atoms with van der Waals surface area (Å²) in [4.78, 5) is 3.10. The van der Waals surface area contributed by atoms with E-state index in [0.717, 1.165) is 0 Å². The first-order valence-electron chi connectivity index (χ1n) is 6.10. The quantitative estimate of drug-likeness (QED) is 0.616. The Bertz CT molecular complexity index is 544. The molecule has 0 radical (unpaired) electrons. The summed E-state index contributed by atoms with van der Waals surface area (Å²) in [7, 11) is -0.849. The minimum atomic E-state index is -0.849. The molecule has 0 unspecified atom stereocenters. The summed E-state index contributed by atoms with van der Waals surface area (Å²) in [5.74, 6) is 0. The maximum Gasteiger partial charge on any atom is 0.000878 e. The Morgan fingerprint density at radius 2 is 1.82 bits per heavy atom. The lowest BCUT2D eigenvalue weighted by Crippen LogP contribution is -2.03. The van der Waals surface area contributed by atoms with Gasteiger partial charge in [0.05, 0.1) is 0 Å². The standard InChI is InChI=1S/C16H18S/c1-17(2)15-9-5-3-7-13(15)11-12-14-8-4-6-10-16(14)17/h3,5-7,9-12H,4,8H2,1-2H3. The van der Waals surface area contributed by atoms with Gasteiger partial charge in [-0.1, -0.05) is 42.5 Å². The summed E-state index contributed by atoms with van der Waals surface area (Å²) in [5.41, 5.74) is 2.94. The molecule has 1 heteroatoms. The third-order valence-electron chi connectivity index (χ3n) is 3.65. The van der Waals surface area contributed by atoms with E-state index in [2.05, 4.69) is 61.1 Å². The fraction of sp³-hybridized carbons (Fsp3) is 0.250. The van der Waals surface area contributed by atoms with Crippen molar-refractivity contribution in [1.29, 1.82) is 0 Å². The lowest BCUT2D eigenvalue weighted by atomic mass is 10.0. The van der Waals surface area contributed by atoms with Crippen molar-refractivity contribution in [3.63, 3.8) is 0 Å². The Kier molecular flexibility index (Phi) is 2.52. The van der Waals surface area contributed by atoms with Crippen LogP contribution >= 0.6 is 10.0 Å². The summed E-state index contributed by atoms with van der Waals surface area (Å²) in [5, 5.41) is 0. The molecule has 0 N–H and O–H groups in total. The number of rotatable bonds is 0. The van der Waals surface area contributed by atoms with Crippen LogP contribution in [0.2, 0.25) is 0 Å². The molecule has 1 aromatic rings. The third kappa shape index (κ3) is 1.69. The van der Waals surface area contributed by atoms with Crippen LogP contribution in [-0.4, -0.2) is 12.5 Å². The van der Waals surface area contributed by atoms with Gasteiger partial charge in [0.25, 0.3) is 0 Å². The first kappa shape index (κ1) is 10.9. The molecule has 17 heavy (non-hydrogen) atoms. The molecule has 0 spiro atoms. The molecule has 3 rings (SSSR count). The van der Waals surface area contributed by atoms with Gasteiger partial charge in [-0.3, -0.25) is 0 Å². The van der Waals surface area contributed by atoms with E-state index in [9.17, 15) is 0 Å². The van der Waals surface area contributed by atoms with E-state index in [1.165, 1.54) is 23.3 Å². The zero-order chi connectivity index (χ0) is 11.9. The normalized spacial score (nSPS) is 22.7. The van der Waals surface area contributed by atoms with Crippen molar-refractivity contribution in [1.82, 2.24) is 0 Å². The largest absolute Gasteiger partial charge is 0.193 e. The van der Waals surface area contributed by atoms with E-state index in [-0.39, 0.29) is 0 Å². The number of hydrogen-bond donors (Lipinski definition) is 0. The molecular weight excluding hydrogens is 224 g/mol.